The minimum atomic E-state index is -0.451. The molecule has 0 aliphatic carbocycles. The number of imide groups is 1. The summed E-state index contributed by atoms with van der Waals surface area (Å²) in [6, 6.07) is 13.3. The topological polar surface area (TPSA) is 85.5 Å². The number of hydrogen-bond donors (Lipinski definition) is 0. The van der Waals surface area contributed by atoms with Gasteiger partial charge in [-0.15, -0.1) is 0 Å². The van der Waals surface area contributed by atoms with Crippen LogP contribution in [0.15, 0.2) is 54.7 Å². The predicted molar refractivity (Wildman–Crippen MR) is 93.8 cm³/mol. The van der Waals surface area contributed by atoms with Gasteiger partial charge in [0.05, 0.1) is 16.1 Å². The SMILES string of the molecule is CC(=O)N(C(C)=O)c1cccc2c1ccn2-c1ccc([N+](=O)[O-])cc1. The molecule has 0 spiro atoms. The van der Waals surface area contributed by atoms with E-state index < -0.39 is 4.92 Å². The van der Waals surface area contributed by atoms with Crippen LogP contribution in [-0.4, -0.2) is 21.3 Å². The maximum atomic E-state index is 11.8. The number of amides is 2. The van der Waals surface area contributed by atoms with E-state index in [0.717, 1.165) is 21.5 Å². The van der Waals surface area contributed by atoms with Crippen molar-refractivity contribution >= 4 is 34.1 Å². The first-order chi connectivity index (χ1) is 11.9. The molecule has 2 amide bonds. The third-order valence-corrected chi connectivity index (χ3v) is 3.92. The van der Waals surface area contributed by atoms with Gasteiger partial charge in [-0.25, -0.2) is 0 Å². The van der Waals surface area contributed by atoms with Crippen molar-refractivity contribution in [3.63, 3.8) is 0 Å². The zero-order valence-corrected chi connectivity index (χ0v) is 13.7. The van der Waals surface area contributed by atoms with Gasteiger partial charge in [-0.3, -0.25) is 24.6 Å². The Hall–Kier alpha value is -3.48. The van der Waals surface area contributed by atoms with Crippen molar-refractivity contribution in [1.82, 2.24) is 4.57 Å². The summed E-state index contributed by atoms with van der Waals surface area (Å²) in [7, 11) is 0. The van der Waals surface area contributed by atoms with Crippen LogP contribution in [0.3, 0.4) is 0 Å². The van der Waals surface area contributed by atoms with E-state index in [0.29, 0.717) is 5.69 Å². The van der Waals surface area contributed by atoms with Crippen LogP contribution >= 0.6 is 0 Å². The second-order valence-corrected chi connectivity index (χ2v) is 5.54. The second-order valence-electron chi connectivity index (χ2n) is 5.54. The fourth-order valence-electron chi connectivity index (χ4n) is 2.87. The zero-order chi connectivity index (χ0) is 18.1. The third-order valence-electron chi connectivity index (χ3n) is 3.92. The van der Waals surface area contributed by atoms with E-state index in [1.807, 2.05) is 16.7 Å². The van der Waals surface area contributed by atoms with Gasteiger partial charge >= 0.3 is 0 Å². The van der Waals surface area contributed by atoms with Crippen molar-refractivity contribution in [2.24, 2.45) is 0 Å². The summed E-state index contributed by atoms with van der Waals surface area (Å²) in [5.74, 6) is -0.717. The van der Waals surface area contributed by atoms with E-state index in [-0.39, 0.29) is 17.5 Å². The van der Waals surface area contributed by atoms with Crippen molar-refractivity contribution in [3.8, 4) is 5.69 Å². The number of carbonyl (C=O) groups is 2. The summed E-state index contributed by atoms with van der Waals surface area (Å²) in [5.41, 5.74) is 2.06. The normalized spacial score (nSPS) is 10.6. The van der Waals surface area contributed by atoms with Crippen LogP contribution in [0.2, 0.25) is 0 Å². The van der Waals surface area contributed by atoms with Gasteiger partial charge in [0.25, 0.3) is 5.69 Å². The molecule has 7 heteroatoms. The number of nitrogens with zero attached hydrogens (tertiary/aromatic N) is 3. The summed E-state index contributed by atoms with van der Waals surface area (Å²) in [4.78, 5) is 35.1. The Morgan fingerprint density at radius 2 is 1.64 bits per heavy atom. The lowest BCUT2D eigenvalue weighted by Crippen LogP contribution is -2.33. The average Bonchev–Trinajstić information content (AvgIpc) is 2.99. The number of nitro benzene ring substituents is 1. The van der Waals surface area contributed by atoms with Crippen molar-refractivity contribution in [1.29, 1.82) is 0 Å². The maximum Gasteiger partial charge on any atom is 0.269 e. The molecule has 3 rings (SSSR count). The monoisotopic (exact) mass is 337 g/mol. The second kappa shape index (κ2) is 6.20. The Balaban J connectivity index is 2.14. The lowest BCUT2D eigenvalue weighted by atomic mass is 10.2. The summed E-state index contributed by atoms with van der Waals surface area (Å²) < 4.78 is 1.85. The van der Waals surface area contributed by atoms with Crippen molar-refractivity contribution < 1.29 is 14.5 Å². The summed E-state index contributed by atoms with van der Waals surface area (Å²) in [6.07, 6.45) is 1.80. The van der Waals surface area contributed by atoms with Crippen LogP contribution in [0.4, 0.5) is 11.4 Å². The first kappa shape index (κ1) is 16.4. The van der Waals surface area contributed by atoms with Crippen LogP contribution in [-0.2, 0) is 9.59 Å². The number of hydrogen-bond acceptors (Lipinski definition) is 4. The number of nitro groups is 1. The highest BCUT2D eigenvalue weighted by Gasteiger charge is 2.19. The first-order valence-electron chi connectivity index (χ1n) is 7.56. The van der Waals surface area contributed by atoms with Crippen molar-refractivity contribution in [3.05, 3.63) is 64.8 Å². The molecular weight excluding hydrogens is 322 g/mol. The van der Waals surface area contributed by atoms with Gasteiger partial charge in [0.15, 0.2) is 0 Å². The molecule has 0 atom stereocenters. The van der Waals surface area contributed by atoms with E-state index >= 15 is 0 Å². The lowest BCUT2D eigenvalue weighted by molar-refractivity contribution is -0.384. The Kier molecular flexibility index (Phi) is 4.06. The molecule has 0 radical (unpaired) electrons. The van der Waals surface area contributed by atoms with Gasteiger partial charge in [0.2, 0.25) is 11.8 Å². The average molecular weight is 337 g/mol. The van der Waals surface area contributed by atoms with Gasteiger partial charge in [0.1, 0.15) is 0 Å². The molecule has 25 heavy (non-hydrogen) atoms. The molecule has 0 unspecified atom stereocenters. The first-order valence-corrected chi connectivity index (χ1v) is 7.56. The van der Waals surface area contributed by atoms with E-state index in [9.17, 15) is 19.7 Å². The van der Waals surface area contributed by atoms with Crippen LogP contribution in [0, 0.1) is 10.1 Å². The molecule has 0 aliphatic rings. The van der Waals surface area contributed by atoms with E-state index in [2.05, 4.69) is 0 Å². The van der Waals surface area contributed by atoms with Gasteiger partial charge in [-0.05, 0) is 30.3 Å². The molecule has 1 aromatic heterocycles. The van der Waals surface area contributed by atoms with E-state index in [4.69, 9.17) is 0 Å². The highest BCUT2D eigenvalue weighted by molar-refractivity contribution is 6.17. The molecular formula is C18H15N3O4. The number of fused-ring (bicyclic) bond motifs is 1. The molecule has 0 aliphatic heterocycles. The Morgan fingerprint density at radius 3 is 2.20 bits per heavy atom. The van der Waals surface area contributed by atoms with Gasteiger partial charge < -0.3 is 4.57 Å². The molecule has 0 N–H and O–H groups in total. The molecule has 2 aromatic carbocycles. The third kappa shape index (κ3) is 2.87. The summed E-state index contributed by atoms with van der Waals surface area (Å²) in [6.45, 7) is 2.68. The largest absolute Gasteiger partial charge is 0.316 e. The molecule has 3 aromatic rings. The number of benzene rings is 2. The molecule has 0 saturated carbocycles. The fraction of sp³-hybridized carbons (Fsp3) is 0.111. The summed E-state index contributed by atoms with van der Waals surface area (Å²) >= 11 is 0. The van der Waals surface area contributed by atoms with Crippen LogP contribution < -0.4 is 4.90 Å². The minimum Gasteiger partial charge on any atom is -0.316 e. The van der Waals surface area contributed by atoms with E-state index in [1.165, 1.54) is 26.0 Å². The van der Waals surface area contributed by atoms with Crippen molar-refractivity contribution in [2.75, 3.05) is 4.90 Å². The van der Waals surface area contributed by atoms with Gasteiger partial charge in [-0.2, -0.15) is 0 Å². The summed E-state index contributed by atoms with van der Waals surface area (Å²) in [5, 5.41) is 11.5. The lowest BCUT2D eigenvalue weighted by Gasteiger charge is -2.18. The smallest absolute Gasteiger partial charge is 0.269 e. The highest BCUT2D eigenvalue weighted by Crippen LogP contribution is 2.30. The quantitative estimate of drug-likeness (QED) is 0.541. The maximum absolute atomic E-state index is 11.8. The number of non-ortho nitro benzene ring substituents is 1. The number of aromatic nitrogens is 1. The van der Waals surface area contributed by atoms with Gasteiger partial charge in [-0.1, -0.05) is 6.07 Å². The number of rotatable bonds is 3. The molecule has 7 nitrogen and oxygen atoms in total. The van der Waals surface area contributed by atoms with Gasteiger partial charge in [0, 0.05) is 43.3 Å². The standard InChI is InChI=1S/C18H15N3O4/c1-12(22)20(13(2)23)18-5-3-4-17-16(18)10-11-19(17)14-6-8-15(9-7-14)21(24)25/h3-11H,1-2H3. The Labute approximate surface area is 143 Å². The molecule has 0 bridgehead atoms. The Morgan fingerprint density at radius 1 is 1.00 bits per heavy atom. The molecule has 0 fully saturated rings. The number of anilines is 1. The fourth-order valence-corrected chi connectivity index (χ4v) is 2.87. The Bertz CT molecular complexity index is 975. The molecule has 0 saturated heterocycles. The van der Waals surface area contributed by atoms with Crippen LogP contribution in [0.25, 0.3) is 16.6 Å². The zero-order valence-electron chi connectivity index (χ0n) is 13.7. The predicted octanol–water partition coefficient (Wildman–Crippen LogP) is 3.44. The molecule has 126 valence electrons. The number of carbonyl (C=O) groups excluding carboxylic acids is 2. The van der Waals surface area contributed by atoms with E-state index in [1.54, 1.807) is 30.5 Å². The minimum absolute atomic E-state index is 0.0141. The van der Waals surface area contributed by atoms with Crippen LogP contribution in [0.1, 0.15) is 13.8 Å². The highest BCUT2D eigenvalue weighted by atomic mass is 16.6. The molecule has 1 heterocycles. The van der Waals surface area contributed by atoms with Crippen LogP contribution in [0.5, 0.6) is 0 Å². The van der Waals surface area contributed by atoms with Crippen molar-refractivity contribution in [2.45, 2.75) is 13.8 Å².